The van der Waals surface area contributed by atoms with E-state index in [2.05, 4.69) is 5.10 Å². The zero-order valence-electron chi connectivity index (χ0n) is 8.51. The van der Waals surface area contributed by atoms with Crippen LogP contribution in [0.15, 0.2) is 35.1 Å². The summed E-state index contributed by atoms with van der Waals surface area (Å²) < 4.78 is 1.31. The largest absolute Gasteiger partial charge is 0.295 e. The highest BCUT2D eigenvalue weighted by Crippen LogP contribution is 2.20. The molecule has 0 radical (unpaired) electrons. The molecule has 6 nitrogen and oxygen atoms in total. The first-order valence-corrected chi connectivity index (χ1v) is 4.59. The highest BCUT2D eigenvalue weighted by molar-refractivity contribution is 5.61. The molecule has 6 heteroatoms. The molecule has 0 aliphatic rings. The molecule has 1 aromatic carbocycles. The predicted molar refractivity (Wildman–Crippen MR) is 58.1 cm³/mol. The monoisotopic (exact) mass is 219 g/mol. The number of nitro benzene ring substituents is 1. The van der Waals surface area contributed by atoms with Gasteiger partial charge >= 0.3 is 0 Å². The Morgan fingerprint density at radius 3 is 2.69 bits per heavy atom. The summed E-state index contributed by atoms with van der Waals surface area (Å²) in [5.74, 6) is 0. The second-order valence-electron chi connectivity index (χ2n) is 3.37. The highest BCUT2D eigenvalue weighted by Gasteiger charge is 2.08. The van der Waals surface area contributed by atoms with Gasteiger partial charge < -0.3 is 0 Å². The first kappa shape index (κ1) is 10.2. The smallest absolute Gasteiger partial charge is 0.270 e. The summed E-state index contributed by atoms with van der Waals surface area (Å²) in [6.45, 7) is 0. The van der Waals surface area contributed by atoms with Crippen LogP contribution >= 0.6 is 0 Å². The second-order valence-corrected chi connectivity index (χ2v) is 3.37. The van der Waals surface area contributed by atoms with Crippen LogP contribution in [0, 0.1) is 10.1 Å². The van der Waals surface area contributed by atoms with Crippen LogP contribution in [-0.2, 0) is 7.05 Å². The van der Waals surface area contributed by atoms with E-state index in [1.165, 1.54) is 22.9 Å². The minimum atomic E-state index is -0.468. The number of nitro groups is 1. The Balaban J connectivity index is 2.52. The van der Waals surface area contributed by atoms with Gasteiger partial charge in [-0.3, -0.25) is 24.7 Å². The fourth-order valence-electron chi connectivity index (χ4n) is 1.42. The summed E-state index contributed by atoms with van der Waals surface area (Å²) in [5, 5.41) is 13.4. The summed E-state index contributed by atoms with van der Waals surface area (Å²) in [4.78, 5) is 21.3. The molecular formula is C10H9N3O3. The molecule has 1 aromatic heterocycles. The minimum Gasteiger partial charge on any atom is -0.295 e. The van der Waals surface area contributed by atoms with Crippen molar-refractivity contribution in [2.75, 3.05) is 0 Å². The van der Waals surface area contributed by atoms with E-state index in [1.54, 1.807) is 19.2 Å². The lowest BCUT2D eigenvalue weighted by atomic mass is 10.1. The quantitative estimate of drug-likeness (QED) is 0.610. The normalized spacial score (nSPS) is 10.3. The lowest BCUT2D eigenvalue weighted by molar-refractivity contribution is -0.384. The number of benzene rings is 1. The Morgan fingerprint density at radius 2 is 2.12 bits per heavy atom. The number of non-ortho nitro benzene ring substituents is 1. The number of hydrogen-bond acceptors (Lipinski definition) is 3. The number of aryl methyl sites for hydroxylation is 1. The molecule has 1 heterocycles. The number of rotatable bonds is 2. The van der Waals surface area contributed by atoms with E-state index in [1.807, 2.05) is 0 Å². The average Bonchev–Trinajstić information content (AvgIpc) is 2.59. The van der Waals surface area contributed by atoms with Gasteiger partial charge in [-0.25, -0.2) is 0 Å². The second kappa shape index (κ2) is 3.65. The van der Waals surface area contributed by atoms with E-state index in [9.17, 15) is 14.9 Å². The van der Waals surface area contributed by atoms with Gasteiger partial charge in [0.25, 0.3) is 11.2 Å². The molecule has 0 fully saturated rings. The summed E-state index contributed by atoms with van der Waals surface area (Å²) in [7, 11) is 1.59. The molecule has 16 heavy (non-hydrogen) atoms. The molecule has 0 saturated carbocycles. The maximum atomic E-state index is 11.2. The number of H-pyrrole nitrogens is 1. The molecule has 0 aliphatic carbocycles. The Kier molecular flexibility index (Phi) is 2.32. The first-order valence-electron chi connectivity index (χ1n) is 4.59. The molecule has 0 amide bonds. The van der Waals surface area contributed by atoms with Crippen LogP contribution in [-0.4, -0.2) is 14.7 Å². The Bertz CT molecular complexity index is 597. The maximum Gasteiger partial charge on any atom is 0.270 e. The maximum absolute atomic E-state index is 11.2. The van der Waals surface area contributed by atoms with Gasteiger partial charge in [-0.05, 0) is 0 Å². The fourth-order valence-corrected chi connectivity index (χ4v) is 1.42. The SMILES string of the molecule is Cn1[nH]c(-c2cccc([N+](=O)[O-])c2)cc1=O. The molecule has 0 spiro atoms. The van der Waals surface area contributed by atoms with E-state index in [0.717, 1.165) is 0 Å². The van der Waals surface area contributed by atoms with E-state index in [4.69, 9.17) is 0 Å². The number of hydrogen-bond donors (Lipinski definition) is 1. The van der Waals surface area contributed by atoms with E-state index in [0.29, 0.717) is 11.3 Å². The number of aromatic amines is 1. The molecular weight excluding hydrogens is 210 g/mol. The van der Waals surface area contributed by atoms with Crippen LogP contribution in [0.25, 0.3) is 11.3 Å². The summed E-state index contributed by atoms with van der Waals surface area (Å²) in [6, 6.07) is 7.52. The summed E-state index contributed by atoms with van der Waals surface area (Å²) in [5.41, 5.74) is 1.01. The van der Waals surface area contributed by atoms with Gasteiger partial charge in [-0.1, -0.05) is 12.1 Å². The third kappa shape index (κ3) is 1.72. The van der Waals surface area contributed by atoms with E-state index in [-0.39, 0.29) is 11.2 Å². The van der Waals surface area contributed by atoms with Crippen LogP contribution in [0.3, 0.4) is 0 Å². The van der Waals surface area contributed by atoms with Crippen molar-refractivity contribution in [3.63, 3.8) is 0 Å². The first-order chi connectivity index (χ1) is 7.58. The van der Waals surface area contributed by atoms with Gasteiger partial charge in [0.05, 0.1) is 10.6 Å². The predicted octanol–water partition coefficient (Wildman–Crippen LogP) is 1.29. The van der Waals surface area contributed by atoms with Gasteiger partial charge in [0, 0.05) is 30.8 Å². The molecule has 0 unspecified atom stereocenters. The molecule has 0 atom stereocenters. The van der Waals surface area contributed by atoms with Crippen LogP contribution in [0.4, 0.5) is 5.69 Å². The van der Waals surface area contributed by atoms with Gasteiger partial charge in [-0.15, -0.1) is 0 Å². The van der Waals surface area contributed by atoms with Crippen LogP contribution < -0.4 is 5.56 Å². The van der Waals surface area contributed by atoms with Gasteiger partial charge in [0.1, 0.15) is 0 Å². The third-order valence-electron chi connectivity index (χ3n) is 2.25. The van der Waals surface area contributed by atoms with E-state index >= 15 is 0 Å². The highest BCUT2D eigenvalue weighted by atomic mass is 16.6. The van der Waals surface area contributed by atoms with E-state index < -0.39 is 4.92 Å². The lowest BCUT2D eigenvalue weighted by Gasteiger charge is -1.97. The van der Waals surface area contributed by atoms with Crippen molar-refractivity contribution in [1.29, 1.82) is 0 Å². The molecule has 0 aliphatic heterocycles. The Labute approximate surface area is 90.3 Å². The van der Waals surface area contributed by atoms with Crippen molar-refractivity contribution >= 4 is 5.69 Å². The Hall–Kier alpha value is -2.37. The third-order valence-corrected chi connectivity index (χ3v) is 2.25. The summed E-state index contributed by atoms with van der Waals surface area (Å²) in [6.07, 6.45) is 0. The summed E-state index contributed by atoms with van der Waals surface area (Å²) >= 11 is 0. The van der Waals surface area contributed by atoms with Crippen molar-refractivity contribution in [1.82, 2.24) is 9.78 Å². The van der Waals surface area contributed by atoms with Crippen molar-refractivity contribution in [3.05, 3.63) is 50.8 Å². The Morgan fingerprint density at radius 1 is 1.38 bits per heavy atom. The van der Waals surface area contributed by atoms with Gasteiger partial charge in [0.15, 0.2) is 0 Å². The van der Waals surface area contributed by atoms with Crippen molar-refractivity contribution in [2.24, 2.45) is 7.05 Å². The zero-order chi connectivity index (χ0) is 11.7. The van der Waals surface area contributed by atoms with Crippen molar-refractivity contribution in [3.8, 4) is 11.3 Å². The molecule has 82 valence electrons. The standard InChI is InChI=1S/C10H9N3O3/c1-12-10(14)6-9(11-12)7-3-2-4-8(5-7)13(15)16/h2-6,11H,1H3. The number of aromatic nitrogens is 2. The van der Waals surface area contributed by atoms with Gasteiger partial charge in [-0.2, -0.15) is 0 Å². The number of nitrogens with zero attached hydrogens (tertiary/aromatic N) is 2. The fraction of sp³-hybridized carbons (Fsp3) is 0.100. The zero-order valence-corrected chi connectivity index (χ0v) is 8.51. The van der Waals surface area contributed by atoms with Crippen LogP contribution in [0.1, 0.15) is 0 Å². The molecule has 0 saturated heterocycles. The van der Waals surface area contributed by atoms with Crippen molar-refractivity contribution in [2.45, 2.75) is 0 Å². The molecule has 1 N–H and O–H groups in total. The number of nitrogens with one attached hydrogen (secondary N) is 1. The molecule has 0 bridgehead atoms. The van der Waals surface area contributed by atoms with Crippen molar-refractivity contribution < 1.29 is 4.92 Å². The van der Waals surface area contributed by atoms with Crippen LogP contribution in [0.2, 0.25) is 0 Å². The minimum absolute atomic E-state index is 0.00204. The average molecular weight is 219 g/mol. The topological polar surface area (TPSA) is 80.9 Å². The van der Waals surface area contributed by atoms with Gasteiger partial charge in [0.2, 0.25) is 0 Å². The van der Waals surface area contributed by atoms with Crippen LogP contribution in [0.5, 0.6) is 0 Å². The lowest BCUT2D eigenvalue weighted by Crippen LogP contribution is -2.09. The molecule has 2 aromatic rings. The molecule has 2 rings (SSSR count).